The molecule has 1 aliphatic carbocycles. The molecule has 0 heterocycles. The van der Waals surface area contributed by atoms with Crippen LogP contribution < -0.4 is 0 Å². The van der Waals surface area contributed by atoms with E-state index in [9.17, 15) is 0 Å². The lowest BCUT2D eigenvalue weighted by Crippen LogP contribution is -2.26. The van der Waals surface area contributed by atoms with Gasteiger partial charge in [-0.2, -0.15) is 0 Å². The fraction of sp³-hybridized carbons (Fsp3) is 0.818. The monoisotopic (exact) mass is 152 g/mol. The van der Waals surface area contributed by atoms with Gasteiger partial charge in [-0.15, -0.1) is 0 Å². The SMILES string of the molecule is CCC1CC=C(C)CC1(C)C. The van der Waals surface area contributed by atoms with Crippen molar-refractivity contribution in [2.24, 2.45) is 11.3 Å². The van der Waals surface area contributed by atoms with E-state index in [1.807, 2.05) is 0 Å². The van der Waals surface area contributed by atoms with Gasteiger partial charge in [0.15, 0.2) is 0 Å². The van der Waals surface area contributed by atoms with Crippen molar-refractivity contribution in [2.45, 2.75) is 47.0 Å². The lowest BCUT2D eigenvalue weighted by atomic mass is 9.68. The van der Waals surface area contributed by atoms with Gasteiger partial charge in [-0.05, 0) is 31.1 Å². The summed E-state index contributed by atoms with van der Waals surface area (Å²) in [6.45, 7) is 9.36. The molecule has 0 aromatic rings. The summed E-state index contributed by atoms with van der Waals surface area (Å²) >= 11 is 0. The molecule has 64 valence electrons. The fourth-order valence-corrected chi connectivity index (χ4v) is 2.32. The zero-order chi connectivity index (χ0) is 8.48. The minimum absolute atomic E-state index is 0.549. The second-order valence-corrected chi connectivity index (χ2v) is 4.56. The molecule has 11 heavy (non-hydrogen) atoms. The van der Waals surface area contributed by atoms with Crippen molar-refractivity contribution in [3.8, 4) is 0 Å². The number of hydrogen-bond acceptors (Lipinski definition) is 0. The number of rotatable bonds is 1. The van der Waals surface area contributed by atoms with Gasteiger partial charge in [-0.1, -0.05) is 38.8 Å². The van der Waals surface area contributed by atoms with Crippen LogP contribution in [-0.2, 0) is 0 Å². The average Bonchev–Trinajstić information content (AvgIpc) is 1.85. The van der Waals surface area contributed by atoms with Crippen LogP contribution in [0.25, 0.3) is 0 Å². The highest BCUT2D eigenvalue weighted by Gasteiger charge is 2.30. The van der Waals surface area contributed by atoms with Gasteiger partial charge in [0.25, 0.3) is 0 Å². The third-order valence-electron chi connectivity index (χ3n) is 3.08. The van der Waals surface area contributed by atoms with Crippen LogP contribution >= 0.6 is 0 Å². The third-order valence-corrected chi connectivity index (χ3v) is 3.08. The van der Waals surface area contributed by atoms with Gasteiger partial charge in [0.05, 0.1) is 0 Å². The molecule has 0 amide bonds. The fourth-order valence-electron chi connectivity index (χ4n) is 2.32. The smallest absolute Gasteiger partial charge is 0.0269 e. The second-order valence-electron chi connectivity index (χ2n) is 4.56. The molecule has 0 heteroatoms. The molecule has 1 aliphatic rings. The normalized spacial score (nSPS) is 29.8. The Hall–Kier alpha value is -0.260. The molecule has 1 rings (SSSR count). The maximum Gasteiger partial charge on any atom is -0.0269 e. The number of allylic oxidation sites excluding steroid dienone is 2. The predicted molar refractivity (Wildman–Crippen MR) is 50.6 cm³/mol. The minimum Gasteiger partial charge on any atom is -0.0853 e. The Balaban J connectivity index is 2.71. The van der Waals surface area contributed by atoms with E-state index in [1.54, 1.807) is 5.57 Å². The first-order valence-corrected chi connectivity index (χ1v) is 4.72. The molecule has 0 N–H and O–H groups in total. The van der Waals surface area contributed by atoms with Crippen LogP contribution in [0.3, 0.4) is 0 Å². The van der Waals surface area contributed by atoms with Gasteiger partial charge in [-0.3, -0.25) is 0 Å². The third kappa shape index (κ3) is 1.85. The van der Waals surface area contributed by atoms with E-state index in [2.05, 4.69) is 33.8 Å². The molecule has 0 saturated heterocycles. The van der Waals surface area contributed by atoms with E-state index in [4.69, 9.17) is 0 Å². The Labute approximate surface area is 70.7 Å². The molecular formula is C11H20. The molecule has 0 radical (unpaired) electrons. The molecular weight excluding hydrogens is 132 g/mol. The molecule has 0 nitrogen and oxygen atoms in total. The van der Waals surface area contributed by atoms with Gasteiger partial charge < -0.3 is 0 Å². The summed E-state index contributed by atoms with van der Waals surface area (Å²) in [5.41, 5.74) is 2.13. The highest BCUT2D eigenvalue weighted by molar-refractivity contribution is 5.08. The van der Waals surface area contributed by atoms with Gasteiger partial charge in [0.2, 0.25) is 0 Å². The Bertz CT molecular complexity index is 163. The first kappa shape index (κ1) is 8.83. The van der Waals surface area contributed by atoms with Gasteiger partial charge in [0, 0.05) is 0 Å². The topological polar surface area (TPSA) is 0 Å². The molecule has 0 saturated carbocycles. The molecule has 0 bridgehead atoms. The first-order chi connectivity index (χ1) is 5.06. The Morgan fingerprint density at radius 1 is 1.55 bits per heavy atom. The summed E-state index contributed by atoms with van der Waals surface area (Å²) < 4.78 is 0. The molecule has 0 aliphatic heterocycles. The van der Waals surface area contributed by atoms with Crippen molar-refractivity contribution in [1.29, 1.82) is 0 Å². The average molecular weight is 152 g/mol. The van der Waals surface area contributed by atoms with E-state index in [1.165, 1.54) is 19.3 Å². The summed E-state index contributed by atoms with van der Waals surface area (Å²) in [5, 5.41) is 0. The van der Waals surface area contributed by atoms with Crippen molar-refractivity contribution in [2.75, 3.05) is 0 Å². The van der Waals surface area contributed by atoms with Crippen LogP contribution in [-0.4, -0.2) is 0 Å². The van der Waals surface area contributed by atoms with E-state index in [0.29, 0.717) is 5.41 Å². The summed E-state index contributed by atoms with van der Waals surface area (Å²) in [5.74, 6) is 0.909. The largest absolute Gasteiger partial charge is 0.0853 e. The molecule has 0 aromatic carbocycles. The van der Waals surface area contributed by atoms with E-state index in [-0.39, 0.29) is 0 Å². The lowest BCUT2D eigenvalue weighted by Gasteiger charge is -2.37. The van der Waals surface area contributed by atoms with E-state index < -0.39 is 0 Å². The Morgan fingerprint density at radius 3 is 2.64 bits per heavy atom. The highest BCUT2D eigenvalue weighted by Crippen LogP contribution is 2.41. The summed E-state index contributed by atoms with van der Waals surface area (Å²) in [6.07, 6.45) is 6.34. The maximum atomic E-state index is 2.42. The van der Waals surface area contributed by atoms with Crippen LogP contribution in [0.1, 0.15) is 47.0 Å². The number of hydrogen-bond donors (Lipinski definition) is 0. The predicted octanol–water partition coefficient (Wildman–Crippen LogP) is 3.78. The van der Waals surface area contributed by atoms with Crippen molar-refractivity contribution in [3.63, 3.8) is 0 Å². The lowest BCUT2D eigenvalue weighted by molar-refractivity contribution is 0.193. The molecule has 0 fully saturated rings. The van der Waals surface area contributed by atoms with Crippen LogP contribution in [0.15, 0.2) is 11.6 Å². The molecule has 0 aromatic heterocycles. The first-order valence-electron chi connectivity index (χ1n) is 4.72. The summed E-state index contributed by atoms with van der Waals surface area (Å²) in [7, 11) is 0. The molecule has 1 unspecified atom stereocenters. The highest BCUT2D eigenvalue weighted by atomic mass is 14.3. The van der Waals surface area contributed by atoms with E-state index in [0.717, 1.165) is 5.92 Å². The minimum atomic E-state index is 0.549. The molecule has 0 spiro atoms. The van der Waals surface area contributed by atoms with Gasteiger partial charge >= 0.3 is 0 Å². The zero-order valence-corrected chi connectivity index (χ0v) is 8.28. The van der Waals surface area contributed by atoms with Crippen LogP contribution in [0.2, 0.25) is 0 Å². The standard InChI is InChI=1S/C11H20/c1-5-10-7-6-9(2)8-11(10,3)4/h6,10H,5,7-8H2,1-4H3. The van der Waals surface area contributed by atoms with Gasteiger partial charge in [0.1, 0.15) is 0 Å². The maximum absolute atomic E-state index is 2.42. The van der Waals surface area contributed by atoms with Crippen molar-refractivity contribution in [3.05, 3.63) is 11.6 Å². The summed E-state index contributed by atoms with van der Waals surface area (Å²) in [4.78, 5) is 0. The zero-order valence-electron chi connectivity index (χ0n) is 8.28. The second kappa shape index (κ2) is 3.00. The van der Waals surface area contributed by atoms with E-state index >= 15 is 0 Å². The quantitative estimate of drug-likeness (QED) is 0.502. The molecule has 1 atom stereocenters. The van der Waals surface area contributed by atoms with Crippen molar-refractivity contribution < 1.29 is 0 Å². The van der Waals surface area contributed by atoms with Crippen molar-refractivity contribution in [1.82, 2.24) is 0 Å². The Morgan fingerprint density at radius 2 is 2.18 bits per heavy atom. The van der Waals surface area contributed by atoms with Gasteiger partial charge in [-0.25, -0.2) is 0 Å². The van der Waals surface area contributed by atoms with Crippen LogP contribution in [0.4, 0.5) is 0 Å². The van der Waals surface area contributed by atoms with Crippen LogP contribution in [0, 0.1) is 11.3 Å². The van der Waals surface area contributed by atoms with Crippen LogP contribution in [0.5, 0.6) is 0 Å². The summed E-state index contributed by atoms with van der Waals surface area (Å²) in [6, 6.07) is 0. The Kier molecular flexibility index (Phi) is 2.41. The van der Waals surface area contributed by atoms with Crippen molar-refractivity contribution >= 4 is 0 Å².